The van der Waals surface area contributed by atoms with E-state index in [0.29, 0.717) is 21.9 Å². The summed E-state index contributed by atoms with van der Waals surface area (Å²) in [5, 5.41) is 0. The fourth-order valence-corrected chi connectivity index (χ4v) is 4.14. The van der Waals surface area contributed by atoms with Crippen LogP contribution < -0.4 is 0 Å². The Hall–Kier alpha value is -1.48. The van der Waals surface area contributed by atoms with E-state index in [2.05, 4.69) is 40.2 Å². The second-order valence-electron chi connectivity index (χ2n) is 5.95. The Morgan fingerprint density at radius 3 is 2.81 bits per heavy atom. The maximum absolute atomic E-state index is 13.3. The molecule has 2 aromatic rings. The third-order valence-electron chi connectivity index (χ3n) is 4.84. The first-order chi connectivity index (χ1) is 10.2. The van der Waals surface area contributed by atoms with Gasteiger partial charge in [-0.1, -0.05) is 24.3 Å². The van der Waals surface area contributed by atoms with Crippen LogP contribution >= 0.6 is 15.9 Å². The summed E-state index contributed by atoms with van der Waals surface area (Å²) in [6, 6.07) is 13.0. The molecule has 0 aliphatic heterocycles. The lowest BCUT2D eigenvalue weighted by Gasteiger charge is -2.13. The zero-order valence-corrected chi connectivity index (χ0v) is 12.9. The Balaban J connectivity index is 1.65. The van der Waals surface area contributed by atoms with Crippen LogP contribution in [0.1, 0.15) is 33.8 Å². The molecule has 2 aliphatic rings. The second kappa shape index (κ2) is 4.77. The first kappa shape index (κ1) is 13.2. The Bertz CT molecular complexity index is 740. The molecule has 0 aromatic heterocycles. The first-order valence-corrected chi connectivity index (χ1v) is 8.03. The lowest BCUT2D eigenvalue weighted by atomic mass is 9.92. The summed E-state index contributed by atoms with van der Waals surface area (Å²) in [4.78, 5) is 12.7. The Labute approximate surface area is 131 Å². The first-order valence-electron chi connectivity index (χ1n) is 7.24. The molecule has 0 radical (unpaired) electrons. The predicted octanol–water partition coefficient (Wildman–Crippen LogP) is 4.75. The maximum Gasteiger partial charge on any atom is 0.166 e. The van der Waals surface area contributed by atoms with Crippen LogP contribution in [-0.2, 0) is 6.42 Å². The molecule has 0 heterocycles. The highest BCUT2D eigenvalue weighted by Gasteiger charge is 2.56. The molecule has 0 bridgehead atoms. The maximum atomic E-state index is 13.3. The molecule has 1 fully saturated rings. The van der Waals surface area contributed by atoms with Gasteiger partial charge in [0, 0.05) is 11.5 Å². The minimum atomic E-state index is -0.329. The van der Waals surface area contributed by atoms with Gasteiger partial charge in [0.1, 0.15) is 5.82 Å². The van der Waals surface area contributed by atoms with Crippen LogP contribution in [0.25, 0.3) is 0 Å². The molecule has 3 atom stereocenters. The number of halogens is 2. The molecule has 4 rings (SSSR count). The molecule has 0 spiro atoms. The van der Waals surface area contributed by atoms with Gasteiger partial charge in [0.05, 0.1) is 4.47 Å². The summed E-state index contributed by atoms with van der Waals surface area (Å²) >= 11 is 3.16. The van der Waals surface area contributed by atoms with Crippen molar-refractivity contribution in [2.75, 3.05) is 0 Å². The summed E-state index contributed by atoms with van der Waals surface area (Å²) in [5.74, 6) is 0.737. The van der Waals surface area contributed by atoms with Gasteiger partial charge in [-0.2, -0.15) is 0 Å². The minimum absolute atomic E-state index is 0.0750. The van der Waals surface area contributed by atoms with Crippen molar-refractivity contribution in [1.82, 2.24) is 0 Å². The monoisotopic (exact) mass is 344 g/mol. The Morgan fingerprint density at radius 1 is 1.19 bits per heavy atom. The average Bonchev–Trinajstić information content (AvgIpc) is 3.24. The van der Waals surface area contributed by atoms with E-state index in [0.717, 1.165) is 12.8 Å². The van der Waals surface area contributed by atoms with E-state index in [1.807, 2.05) is 0 Å². The molecule has 1 nitrogen and oxygen atoms in total. The highest BCUT2D eigenvalue weighted by molar-refractivity contribution is 9.10. The van der Waals surface area contributed by atoms with E-state index in [4.69, 9.17) is 0 Å². The molecule has 3 unspecified atom stereocenters. The largest absolute Gasteiger partial charge is 0.294 e. The van der Waals surface area contributed by atoms with Gasteiger partial charge in [0.2, 0.25) is 0 Å². The van der Waals surface area contributed by atoms with Gasteiger partial charge >= 0.3 is 0 Å². The highest BCUT2D eigenvalue weighted by Crippen LogP contribution is 2.60. The number of hydrogen-bond donors (Lipinski definition) is 0. The fraction of sp³-hybridized carbons (Fsp3) is 0.278. The third kappa shape index (κ3) is 2.06. The zero-order chi connectivity index (χ0) is 14.6. The predicted molar refractivity (Wildman–Crippen MR) is 82.9 cm³/mol. The number of Topliss-reactive ketones (excluding diaryl/α,β-unsaturated/α-hetero) is 1. The van der Waals surface area contributed by atoms with Gasteiger partial charge in [-0.05, 0) is 69.9 Å². The molecule has 2 aromatic carbocycles. The van der Waals surface area contributed by atoms with Gasteiger partial charge in [-0.25, -0.2) is 4.39 Å². The normalized spacial score (nSPS) is 25.9. The molecular formula is C18H14BrFO. The molecular weight excluding hydrogens is 331 g/mol. The molecule has 106 valence electrons. The van der Waals surface area contributed by atoms with Crippen LogP contribution in [-0.4, -0.2) is 5.78 Å². The number of aryl methyl sites for hydroxylation is 1. The van der Waals surface area contributed by atoms with Gasteiger partial charge < -0.3 is 0 Å². The van der Waals surface area contributed by atoms with Crippen LogP contribution in [0, 0.1) is 17.7 Å². The molecule has 0 amide bonds. The topological polar surface area (TPSA) is 17.1 Å². The van der Waals surface area contributed by atoms with Gasteiger partial charge in [0.15, 0.2) is 5.78 Å². The van der Waals surface area contributed by atoms with Gasteiger partial charge in [-0.3, -0.25) is 4.79 Å². The standard InChI is InChI=1S/C18H14BrFO/c19-14-9-11(6-8-15(14)20)18(21)17-13-7-5-10-3-1-2-4-12(10)16(13)17/h1-4,6,8-9,13,16-17H,5,7H2. The minimum Gasteiger partial charge on any atom is -0.294 e. The van der Waals surface area contributed by atoms with E-state index in [1.165, 1.54) is 17.2 Å². The van der Waals surface area contributed by atoms with E-state index in [-0.39, 0.29) is 17.5 Å². The molecule has 0 saturated heterocycles. The van der Waals surface area contributed by atoms with Crippen LogP contribution in [0.4, 0.5) is 4.39 Å². The Kier molecular flexibility index (Phi) is 3.00. The fourth-order valence-electron chi connectivity index (χ4n) is 3.77. The number of carbonyl (C=O) groups excluding carboxylic acids is 1. The van der Waals surface area contributed by atoms with Gasteiger partial charge in [0.25, 0.3) is 0 Å². The zero-order valence-electron chi connectivity index (χ0n) is 11.4. The van der Waals surface area contributed by atoms with Crippen LogP contribution in [0.5, 0.6) is 0 Å². The van der Waals surface area contributed by atoms with E-state index in [9.17, 15) is 9.18 Å². The van der Waals surface area contributed by atoms with E-state index >= 15 is 0 Å². The quantitative estimate of drug-likeness (QED) is 0.718. The van der Waals surface area contributed by atoms with Crippen molar-refractivity contribution in [3.63, 3.8) is 0 Å². The van der Waals surface area contributed by atoms with E-state index in [1.54, 1.807) is 12.1 Å². The van der Waals surface area contributed by atoms with Crippen molar-refractivity contribution in [1.29, 1.82) is 0 Å². The van der Waals surface area contributed by atoms with E-state index < -0.39 is 0 Å². The van der Waals surface area contributed by atoms with Crippen LogP contribution in [0.15, 0.2) is 46.9 Å². The molecule has 21 heavy (non-hydrogen) atoms. The van der Waals surface area contributed by atoms with Crippen molar-refractivity contribution < 1.29 is 9.18 Å². The summed E-state index contributed by atoms with van der Waals surface area (Å²) in [6.07, 6.45) is 2.15. The number of ketones is 1. The summed E-state index contributed by atoms with van der Waals surface area (Å²) in [5.41, 5.74) is 3.34. The summed E-state index contributed by atoms with van der Waals surface area (Å²) in [6.45, 7) is 0. The van der Waals surface area contributed by atoms with Crippen molar-refractivity contribution in [2.45, 2.75) is 18.8 Å². The lowest BCUT2D eigenvalue weighted by Crippen LogP contribution is -2.04. The molecule has 1 saturated carbocycles. The van der Waals surface area contributed by atoms with Gasteiger partial charge in [-0.15, -0.1) is 0 Å². The molecule has 3 heteroatoms. The lowest BCUT2D eigenvalue weighted by molar-refractivity contribution is 0.0959. The smallest absolute Gasteiger partial charge is 0.166 e. The van der Waals surface area contributed by atoms with Crippen molar-refractivity contribution in [3.05, 3.63) is 69.4 Å². The van der Waals surface area contributed by atoms with Crippen LogP contribution in [0.3, 0.4) is 0 Å². The highest BCUT2D eigenvalue weighted by atomic mass is 79.9. The number of hydrogen-bond acceptors (Lipinski definition) is 1. The number of rotatable bonds is 2. The summed E-state index contributed by atoms with van der Waals surface area (Å²) in [7, 11) is 0. The third-order valence-corrected chi connectivity index (χ3v) is 5.44. The van der Waals surface area contributed by atoms with Crippen molar-refractivity contribution >= 4 is 21.7 Å². The summed E-state index contributed by atoms with van der Waals surface area (Å²) < 4.78 is 13.7. The number of fused-ring (bicyclic) bond motifs is 3. The van der Waals surface area contributed by atoms with Crippen molar-refractivity contribution in [3.8, 4) is 0 Å². The van der Waals surface area contributed by atoms with Crippen molar-refractivity contribution in [2.24, 2.45) is 11.8 Å². The SMILES string of the molecule is O=C(c1ccc(F)c(Br)c1)C1C2CCc3ccccc3C21. The second-order valence-corrected chi connectivity index (χ2v) is 6.80. The number of benzene rings is 2. The van der Waals surface area contributed by atoms with Crippen LogP contribution in [0.2, 0.25) is 0 Å². The molecule has 2 aliphatic carbocycles. The molecule has 0 N–H and O–H groups in total. The number of carbonyl (C=O) groups is 1. The average molecular weight is 345 g/mol. The Morgan fingerprint density at radius 2 is 2.00 bits per heavy atom.